The van der Waals surface area contributed by atoms with E-state index < -0.39 is 0 Å². The highest BCUT2D eigenvalue weighted by Crippen LogP contribution is 2.56. The van der Waals surface area contributed by atoms with Crippen LogP contribution >= 0.6 is 11.3 Å². The fraction of sp³-hybridized carbons (Fsp3) is 0.186. The van der Waals surface area contributed by atoms with Crippen molar-refractivity contribution in [2.45, 2.75) is 70.6 Å². The molecule has 0 spiro atoms. The number of anilines is 3. The molecule has 9 aromatic rings. The molecule has 0 atom stereocenters. The number of fused-ring (bicyclic) bond motifs is 7. The quantitative estimate of drug-likeness (QED) is 0.162. The van der Waals surface area contributed by atoms with Crippen molar-refractivity contribution in [2.24, 2.45) is 0 Å². The first kappa shape index (κ1) is 37.8. The Bertz CT molecular complexity index is 3160. The van der Waals surface area contributed by atoms with Crippen molar-refractivity contribution in [2.75, 3.05) is 4.90 Å². The Morgan fingerprint density at radius 1 is 0.393 bits per heavy atom. The van der Waals surface area contributed by atoms with Crippen molar-refractivity contribution in [1.82, 2.24) is 0 Å². The van der Waals surface area contributed by atoms with Crippen molar-refractivity contribution < 1.29 is 0 Å². The molecule has 1 aromatic heterocycles. The van der Waals surface area contributed by atoms with E-state index in [2.05, 4.69) is 222 Å². The maximum atomic E-state index is 2.59. The highest BCUT2D eigenvalue weighted by molar-refractivity contribution is 7.25. The van der Waals surface area contributed by atoms with Crippen molar-refractivity contribution in [3.05, 3.63) is 198 Å². The van der Waals surface area contributed by atoms with Gasteiger partial charge in [0.2, 0.25) is 0 Å². The van der Waals surface area contributed by atoms with Crippen molar-refractivity contribution in [3.8, 4) is 44.5 Å². The third-order valence-electron chi connectivity index (χ3n) is 14.1. The van der Waals surface area contributed by atoms with Crippen LogP contribution in [0, 0.1) is 0 Å². The van der Waals surface area contributed by atoms with Gasteiger partial charge in [0.1, 0.15) is 0 Å². The summed E-state index contributed by atoms with van der Waals surface area (Å²) >= 11 is 1.86. The van der Waals surface area contributed by atoms with Crippen LogP contribution in [0.3, 0.4) is 0 Å². The predicted molar refractivity (Wildman–Crippen MR) is 263 cm³/mol. The zero-order chi connectivity index (χ0) is 41.7. The number of para-hydroxylation sites is 2. The summed E-state index contributed by atoms with van der Waals surface area (Å²) in [6.45, 7) is 14.7. The summed E-state index contributed by atoms with van der Waals surface area (Å²) in [7, 11) is 0. The maximum Gasteiger partial charge on any atom is 0.0540 e. The zero-order valence-corrected chi connectivity index (χ0v) is 36.8. The summed E-state index contributed by atoms with van der Waals surface area (Å²) in [4.78, 5) is 2.48. The molecule has 0 radical (unpaired) electrons. The SMILES string of the molecule is CC1(C)CCC(C)(C)c2cc3c(cc21)-c1cccc(-c2ccc(-c4ccccc4N(c4ccc5sc6ccccc6c5c4)c4ccccc4-c4ccccc4)cc2)c1C3(C)C. The molecule has 0 bridgehead atoms. The lowest BCUT2D eigenvalue weighted by molar-refractivity contribution is 0.331. The third-order valence-corrected chi connectivity index (χ3v) is 15.3. The zero-order valence-electron chi connectivity index (χ0n) is 36.0. The Morgan fingerprint density at radius 3 is 1.61 bits per heavy atom. The molecule has 8 aromatic carbocycles. The number of benzene rings is 8. The summed E-state index contributed by atoms with van der Waals surface area (Å²) in [6.07, 6.45) is 2.44. The standard InChI is InChI=1S/C59H51NS/c1-57(2)33-34-58(3,4)51-37-49-47(36-50(51)57)46-23-16-22-44(56(46)59(49,5)6)40-29-27-39(28-30-40)43-20-11-14-25-53(43)60(52-24-13-10-19-42(52)38-17-8-7-9-18-38)41-31-32-55-48(35-41)45-21-12-15-26-54(45)61-55/h7-32,35-37H,33-34H2,1-6H3. The van der Waals surface area contributed by atoms with Crippen LogP contribution in [-0.2, 0) is 16.2 Å². The summed E-state index contributed by atoms with van der Waals surface area (Å²) in [5.74, 6) is 0. The first-order chi connectivity index (χ1) is 29.5. The minimum atomic E-state index is -0.124. The monoisotopic (exact) mass is 805 g/mol. The maximum absolute atomic E-state index is 2.59. The van der Waals surface area contributed by atoms with Crippen LogP contribution in [0.15, 0.2) is 176 Å². The van der Waals surface area contributed by atoms with E-state index in [9.17, 15) is 0 Å². The molecule has 2 aliphatic rings. The number of nitrogens with zero attached hydrogens (tertiary/aromatic N) is 1. The second-order valence-corrected chi connectivity index (χ2v) is 20.2. The molecule has 0 saturated carbocycles. The van der Waals surface area contributed by atoms with Crippen LogP contribution < -0.4 is 4.90 Å². The first-order valence-electron chi connectivity index (χ1n) is 21.9. The lowest BCUT2D eigenvalue weighted by Crippen LogP contribution is -2.34. The van der Waals surface area contributed by atoms with Gasteiger partial charge in [-0.25, -0.2) is 0 Å². The van der Waals surface area contributed by atoms with Gasteiger partial charge in [0.05, 0.1) is 11.4 Å². The molecule has 0 unspecified atom stereocenters. The topological polar surface area (TPSA) is 3.24 Å². The largest absolute Gasteiger partial charge is 0.309 e. The normalized spacial score (nSPS) is 15.6. The van der Waals surface area contributed by atoms with Gasteiger partial charge in [-0.15, -0.1) is 11.3 Å². The van der Waals surface area contributed by atoms with Gasteiger partial charge in [0, 0.05) is 42.4 Å². The fourth-order valence-electron chi connectivity index (χ4n) is 10.7. The first-order valence-corrected chi connectivity index (χ1v) is 22.7. The number of thiophene rings is 1. The molecule has 0 N–H and O–H groups in total. The molecule has 298 valence electrons. The molecule has 2 heteroatoms. The minimum absolute atomic E-state index is 0.124. The molecular weight excluding hydrogens is 755 g/mol. The van der Waals surface area contributed by atoms with Crippen molar-refractivity contribution >= 4 is 48.6 Å². The van der Waals surface area contributed by atoms with Crippen LogP contribution in [0.5, 0.6) is 0 Å². The van der Waals surface area contributed by atoms with Gasteiger partial charge >= 0.3 is 0 Å². The molecule has 0 amide bonds. The van der Waals surface area contributed by atoms with E-state index >= 15 is 0 Å². The molecule has 1 heterocycles. The Balaban J connectivity index is 1.04. The van der Waals surface area contributed by atoms with Crippen LogP contribution in [0.4, 0.5) is 17.1 Å². The van der Waals surface area contributed by atoms with E-state index in [1.807, 2.05) is 11.3 Å². The van der Waals surface area contributed by atoms with E-state index in [0.717, 1.165) is 17.1 Å². The van der Waals surface area contributed by atoms with E-state index in [-0.39, 0.29) is 16.2 Å². The Kier molecular flexibility index (Phi) is 8.61. The summed E-state index contributed by atoms with van der Waals surface area (Å²) in [5.41, 5.74) is 19.8. The predicted octanol–water partition coefficient (Wildman–Crippen LogP) is 17.2. The molecule has 1 nitrogen and oxygen atoms in total. The molecule has 11 rings (SSSR count). The highest BCUT2D eigenvalue weighted by Gasteiger charge is 2.43. The van der Waals surface area contributed by atoms with Crippen LogP contribution in [0.1, 0.15) is 76.6 Å². The molecule has 2 aliphatic carbocycles. The smallest absolute Gasteiger partial charge is 0.0540 e. The van der Waals surface area contributed by atoms with E-state index in [4.69, 9.17) is 0 Å². The lowest BCUT2D eigenvalue weighted by atomic mass is 9.62. The lowest BCUT2D eigenvalue weighted by Gasteiger charge is -2.42. The highest BCUT2D eigenvalue weighted by atomic mass is 32.1. The molecule has 0 saturated heterocycles. The van der Waals surface area contributed by atoms with Crippen molar-refractivity contribution in [1.29, 1.82) is 0 Å². The Labute approximate surface area is 365 Å². The summed E-state index contributed by atoms with van der Waals surface area (Å²) < 4.78 is 2.62. The molecular formula is C59H51NS. The van der Waals surface area contributed by atoms with E-state index in [0.29, 0.717) is 0 Å². The van der Waals surface area contributed by atoms with E-state index in [1.165, 1.54) is 99.8 Å². The second kappa shape index (κ2) is 13.9. The van der Waals surface area contributed by atoms with Gasteiger partial charge in [-0.3, -0.25) is 0 Å². The van der Waals surface area contributed by atoms with Crippen LogP contribution in [-0.4, -0.2) is 0 Å². The number of rotatable bonds is 6. The summed E-state index contributed by atoms with van der Waals surface area (Å²) in [6, 6.07) is 65.8. The van der Waals surface area contributed by atoms with Gasteiger partial charge in [0.25, 0.3) is 0 Å². The molecule has 0 aliphatic heterocycles. The minimum Gasteiger partial charge on any atom is -0.309 e. The average molecular weight is 806 g/mol. The summed E-state index contributed by atoms with van der Waals surface area (Å²) in [5, 5.41) is 2.59. The number of hydrogen-bond acceptors (Lipinski definition) is 2. The van der Waals surface area contributed by atoms with Gasteiger partial charge < -0.3 is 4.90 Å². The van der Waals surface area contributed by atoms with Crippen LogP contribution in [0.25, 0.3) is 64.7 Å². The average Bonchev–Trinajstić information content (AvgIpc) is 3.77. The Morgan fingerprint density at radius 2 is 0.918 bits per heavy atom. The fourth-order valence-corrected chi connectivity index (χ4v) is 11.8. The van der Waals surface area contributed by atoms with Gasteiger partial charge in [-0.1, -0.05) is 175 Å². The van der Waals surface area contributed by atoms with Gasteiger partial charge in [0.15, 0.2) is 0 Å². The van der Waals surface area contributed by atoms with Gasteiger partial charge in [-0.2, -0.15) is 0 Å². The Hall–Kier alpha value is -6.22. The van der Waals surface area contributed by atoms with Crippen LogP contribution in [0.2, 0.25) is 0 Å². The van der Waals surface area contributed by atoms with E-state index in [1.54, 1.807) is 0 Å². The molecule has 61 heavy (non-hydrogen) atoms. The third kappa shape index (κ3) is 6.02. The van der Waals surface area contributed by atoms with Gasteiger partial charge in [-0.05, 0) is 122 Å². The van der Waals surface area contributed by atoms with Crippen molar-refractivity contribution in [3.63, 3.8) is 0 Å². The number of hydrogen-bond donors (Lipinski definition) is 0. The molecule has 0 fully saturated rings. The second-order valence-electron chi connectivity index (χ2n) is 19.2.